The molecule has 2 saturated heterocycles. The zero-order valence-electron chi connectivity index (χ0n) is 19.5. The first-order valence-electron chi connectivity index (χ1n) is 11.8. The average molecular weight is 578 g/mol. The number of hydrogen-bond donors (Lipinski definition) is 2. The Morgan fingerprint density at radius 1 is 1.14 bits per heavy atom. The van der Waals surface area contributed by atoms with Crippen LogP contribution in [-0.2, 0) is 14.4 Å². The monoisotopic (exact) mass is 576 g/mol. The van der Waals surface area contributed by atoms with Crippen LogP contribution in [0.1, 0.15) is 12.8 Å². The number of carbonyl (C=O) groups is 2. The van der Waals surface area contributed by atoms with Gasteiger partial charge in [0.15, 0.2) is 17.4 Å². The number of halogens is 2. The number of aromatic nitrogens is 1. The molecule has 1 aromatic carbocycles. The number of carbonyl (C=O) groups excluding carboxylic acids is 2. The number of benzene rings is 1. The predicted octanol–water partition coefficient (Wildman–Crippen LogP) is 3.27. The topological polar surface area (TPSA) is 108 Å². The Morgan fingerprint density at radius 3 is 2.61 bits per heavy atom. The maximum atomic E-state index is 13.6. The zero-order chi connectivity index (χ0) is 25.1. The summed E-state index contributed by atoms with van der Waals surface area (Å²) in [6, 6.07) is 10.8. The number of para-hydroxylation sites is 1. The second kappa shape index (κ2) is 10.6. The molecule has 1 aromatic heterocycles. The smallest absolute Gasteiger partial charge is 0.412 e. The van der Waals surface area contributed by atoms with Gasteiger partial charge in [-0.1, -0.05) is 28.9 Å². The van der Waals surface area contributed by atoms with Crippen molar-refractivity contribution in [2.45, 2.75) is 24.5 Å². The van der Waals surface area contributed by atoms with Crippen LogP contribution in [0.3, 0.4) is 0 Å². The van der Waals surface area contributed by atoms with E-state index in [1.54, 1.807) is 29.3 Å². The molecule has 2 amide bonds. The maximum Gasteiger partial charge on any atom is 0.412 e. The molecule has 0 bridgehead atoms. The third-order valence-electron chi connectivity index (χ3n) is 6.66. The van der Waals surface area contributed by atoms with Crippen molar-refractivity contribution in [1.82, 2.24) is 15.2 Å². The summed E-state index contributed by atoms with van der Waals surface area (Å²) in [5, 5.41) is 10.8. The number of piperazine rings is 1. The number of pyridine rings is 1. The summed E-state index contributed by atoms with van der Waals surface area (Å²) >= 11 is 9.71. The number of nitrogens with one attached hydrogen (secondary N) is 2. The van der Waals surface area contributed by atoms with Crippen molar-refractivity contribution in [1.29, 1.82) is 0 Å². The number of ether oxygens (including phenoxy) is 1. The van der Waals surface area contributed by atoms with Crippen molar-refractivity contribution in [2.75, 3.05) is 49.5 Å². The number of piperidine rings is 1. The van der Waals surface area contributed by atoms with Crippen molar-refractivity contribution in [3.63, 3.8) is 0 Å². The highest BCUT2D eigenvalue weighted by Gasteiger charge is 2.55. The maximum absolute atomic E-state index is 13.6. The van der Waals surface area contributed by atoms with Crippen LogP contribution in [0, 0.1) is 0 Å². The Morgan fingerprint density at radius 2 is 1.89 bits per heavy atom. The number of amides is 2. The highest BCUT2D eigenvalue weighted by atomic mass is 79.9. The SMILES string of the molecule is O=C(Nc1ccccc1Br)OC1C(C(=O)N2CCN(c3ncccc3Cl)CC2)=NOC12CCNCC2. The number of hydrogen-bond acceptors (Lipinski definition) is 8. The Hall–Kier alpha value is -2.89. The molecule has 0 saturated carbocycles. The second-order valence-corrected chi connectivity index (χ2v) is 10.1. The molecule has 36 heavy (non-hydrogen) atoms. The van der Waals surface area contributed by atoms with E-state index in [1.807, 2.05) is 23.1 Å². The minimum atomic E-state index is -0.919. The first-order valence-corrected chi connectivity index (χ1v) is 13.0. The number of nitrogens with zero attached hydrogens (tertiary/aromatic N) is 4. The normalized spacial score (nSPS) is 21.1. The molecule has 0 radical (unpaired) electrons. The van der Waals surface area contributed by atoms with Gasteiger partial charge in [-0.25, -0.2) is 9.78 Å². The van der Waals surface area contributed by atoms with E-state index < -0.39 is 17.8 Å². The van der Waals surface area contributed by atoms with E-state index in [4.69, 9.17) is 21.2 Å². The molecular formula is C24H26BrClN6O4. The lowest BCUT2D eigenvalue weighted by Crippen LogP contribution is -2.57. The standard InChI is InChI=1S/C24H26BrClN6O4/c25-16-4-1-2-6-18(16)29-23(34)35-20-19(30-36-24(20)7-10-27-11-8-24)22(33)32-14-12-31(13-15-32)21-17(26)5-3-9-28-21/h1-6,9,20,27H,7-8,10-15H2,(H,29,34). The first-order chi connectivity index (χ1) is 17.5. The van der Waals surface area contributed by atoms with E-state index in [2.05, 4.69) is 36.7 Å². The predicted molar refractivity (Wildman–Crippen MR) is 139 cm³/mol. The van der Waals surface area contributed by atoms with Crippen LogP contribution in [0.5, 0.6) is 0 Å². The van der Waals surface area contributed by atoms with Gasteiger partial charge >= 0.3 is 6.09 Å². The summed E-state index contributed by atoms with van der Waals surface area (Å²) in [6.45, 7) is 3.39. The molecule has 1 spiro atoms. The number of anilines is 2. The summed E-state index contributed by atoms with van der Waals surface area (Å²) in [4.78, 5) is 40.4. The first kappa shape index (κ1) is 24.8. The molecule has 12 heteroatoms. The minimum Gasteiger partial charge on any atom is -0.435 e. The molecule has 3 aliphatic rings. The minimum absolute atomic E-state index is 0.114. The van der Waals surface area contributed by atoms with Crippen LogP contribution in [0.15, 0.2) is 52.2 Å². The average Bonchev–Trinajstić information content (AvgIpc) is 3.22. The zero-order valence-corrected chi connectivity index (χ0v) is 21.8. The fraction of sp³-hybridized carbons (Fsp3) is 0.417. The van der Waals surface area contributed by atoms with Crippen LogP contribution in [0.25, 0.3) is 0 Å². The van der Waals surface area contributed by atoms with Crippen molar-refractivity contribution >= 4 is 56.7 Å². The Kier molecular flexibility index (Phi) is 7.31. The summed E-state index contributed by atoms with van der Waals surface area (Å²) < 4.78 is 6.57. The molecule has 2 N–H and O–H groups in total. The fourth-order valence-corrected chi connectivity index (χ4v) is 5.33. The molecule has 4 heterocycles. The van der Waals surface area contributed by atoms with Gasteiger partial charge < -0.3 is 24.7 Å². The Labute approximate surface area is 222 Å². The highest BCUT2D eigenvalue weighted by Crippen LogP contribution is 2.36. The van der Waals surface area contributed by atoms with Crippen LogP contribution in [0.2, 0.25) is 5.02 Å². The Bertz CT molecular complexity index is 1170. The molecule has 0 aliphatic carbocycles. The summed E-state index contributed by atoms with van der Waals surface area (Å²) in [5.41, 5.74) is -0.191. The van der Waals surface area contributed by atoms with E-state index in [0.29, 0.717) is 68.6 Å². The van der Waals surface area contributed by atoms with Crippen molar-refractivity contribution in [2.24, 2.45) is 5.16 Å². The molecular weight excluding hydrogens is 552 g/mol. The van der Waals surface area contributed by atoms with Gasteiger partial charge in [-0.05, 0) is 53.3 Å². The van der Waals surface area contributed by atoms with Gasteiger partial charge in [0.05, 0.1) is 10.7 Å². The van der Waals surface area contributed by atoms with E-state index in [-0.39, 0.29) is 11.6 Å². The van der Waals surface area contributed by atoms with E-state index in [0.717, 1.165) is 4.47 Å². The van der Waals surface area contributed by atoms with E-state index in [1.165, 1.54) is 0 Å². The van der Waals surface area contributed by atoms with Crippen LogP contribution in [-0.4, -0.2) is 78.6 Å². The van der Waals surface area contributed by atoms with E-state index in [9.17, 15) is 9.59 Å². The number of oxime groups is 1. The molecule has 2 fully saturated rings. The van der Waals surface area contributed by atoms with Crippen LogP contribution in [0.4, 0.5) is 16.3 Å². The fourth-order valence-electron chi connectivity index (χ4n) is 4.71. The lowest BCUT2D eigenvalue weighted by Gasteiger charge is -2.37. The van der Waals surface area contributed by atoms with Crippen molar-refractivity contribution in [3.05, 3.63) is 52.1 Å². The molecule has 10 nitrogen and oxygen atoms in total. The lowest BCUT2D eigenvalue weighted by atomic mass is 9.84. The quantitative estimate of drug-likeness (QED) is 0.574. The second-order valence-electron chi connectivity index (χ2n) is 8.86. The van der Waals surface area contributed by atoms with Gasteiger partial charge in [0, 0.05) is 49.7 Å². The largest absolute Gasteiger partial charge is 0.435 e. The third-order valence-corrected chi connectivity index (χ3v) is 7.65. The van der Waals surface area contributed by atoms with Gasteiger partial charge in [-0.3, -0.25) is 10.1 Å². The summed E-state index contributed by atoms with van der Waals surface area (Å²) in [5.74, 6) is 0.405. The van der Waals surface area contributed by atoms with Gasteiger partial charge in [-0.15, -0.1) is 0 Å². The van der Waals surface area contributed by atoms with Gasteiger partial charge in [-0.2, -0.15) is 0 Å². The highest BCUT2D eigenvalue weighted by molar-refractivity contribution is 9.10. The van der Waals surface area contributed by atoms with Crippen molar-refractivity contribution in [3.8, 4) is 0 Å². The van der Waals surface area contributed by atoms with Crippen molar-refractivity contribution < 1.29 is 19.2 Å². The van der Waals surface area contributed by atoms with Gasteiger partial charge in [0.25, 0.3) is 5.91 Å². The van der Waals surface area contributed by atoms with E-state index >= 15 is 0 Å². The number of rotatable bonds is 4. The lowest BCUT2D eigenvalue weighted by molar-refractivity contribution is -0.125. The molecule has 1 atom stereocenters. The summed E-state index contributed by atoms with van der Waals surface area (Å²) in [7, 11) is 0. The third kappa shape index (κ3) is 5.00. The van der Waals surface area contributed by atoms with Crippen LogP contribution < -0.4 is 15.5 Å². The molecule has 5 rings (SSSR count). The molecule has 1 unspecified atom stereocenters. The molecule has 190 valence electrons. The Balaban J connectivity index is 1.29. The van der Waals surface area contributed by atoms with Gasteiger partial charge in [0.2, 0.25) is 0 Å². The summed E-state index contributed by atoms with van der Waals surface area (Å²) in [6.07, 6.45) is 1.23. The molecule has 3 aliphatic heterocycles. The molecule has 2 aromatic rings. The van der Waals surface area contributed by atoms with Gasteiger partial charge in [0.1, 0.15) is 5.82 Å². The van der Waals surface area contributed by atoms with Crippen LogP contribution >= 0.6 is 27.5 Å².